The first-order valence-corrected chi connectivity index (χ1v) is 9.19. The minimum Gasteiger partial charge on any atom is -0.455 e. The average molecular weight is 399 g/mol. The summed E-state index contributed by atoms with van der Waals surface area (Å²) in [5.41, 5.74) is 6.26. The number of carbonyl (C=O) groups excluding carboxylic acids is 2. The SMILES string of the molecule is C[NH+](CC(=O)NNC(=O)c1ccccc1)Cc1ccc(-c2ccc(Cl)cc2)o1. The molecule has 0 bridgehead atoms. The molecule has 1 atom stereocenters. The van der Waals surface area contributed by atoms with Crippen LogP contribution in [0, 0.1) is 0 Å². The van der Waals surface area contributed by atoms with Gasteiger partial charge in [0.15, 0.2) is 12.3 Å². The number of carbonyl (C=O) groups is 2. The average Bonchev–Trinajstić information content (AvgIpc) is 3.15. The topological polar surface area (TPSA) is 75.8 Å². The number of hydrazine groups is 1. The molecule has 1 heterocycles. The van der Waals surface area contributed by atoms with Gasteiger partial charge in [-0.2, -0.15) is 0 Å². The van der Waals surface area contributed by atoms with E-state index in [1.807, 2.05) is 49.5 Å². The quantitative estimate of drug-likeness (QED) is 0.556. The molecule has 0 aliphatic rings. The van der Waals surface area contributed by atoms with Crippen molar-refractivity contribution in [2.24, 2.45) is 0 Å². The molecule has 28 heavy (non-hydrogen) atoms. The molecule has 1 unspecified atom stereocenters. The second-order valence-electron chi connectivity index (χ2n) is 6.45. The van der Waals surface area contributed by atoms with E-state index in [1.54, 1.807) is 24.3 Å². The van der Waals surface area contributed by atoms with Crippen LogP contribution in [0.15, 0.2) is 71.1 Å². The van der Waals surface area contributed by atoms with Crippen molar-refractivity contribution in [2.45, 2.75) is 6.54 Å². The zero-order chi connectivity index (χ0) is 19.9. The molecule has 3 rings (SSSR count). The Morgan fingerprint density at radius 3 is 2.39 bits per heavy atom. The minimum atomic E-state index is -0.356. The molecule has 0 aliphatic heterocycles. The smallest absolute Gasteiger partial charge is 0.293 e. The molecule has 2 aromatic carbocycles. The normalized spacial score (nSPS) is 11.6. The Labute approximate surface area is 168 Å². The molecule has 2 amide bonds. The van der Waals surface area contributed by atoms with Crippen molar-refractivity contribution in [3.8, 4) is 11.3 Å². The number of quaternary nitrogens is 1. The van der Waals surface area contributed by atoms with Gasteiger partial charge in [0.25, 0.3) is 11.8 Å². The number of hydrogen-bond acceptors (Lipinski definition) is 3. The van der Waals surface area contributed by atoms with Crippen LogP contribution >= 0.6 is 11.6 Å². The van der Waals surface area contributed by atoms with Gasteiger partial charge in [-0.25, -0.2) is 0 Å². The lowest BCUT2D eigenvalue weighted by molar-refractivity contribution is -0.886. The Morgan fingerprint density at radius 2 is 1.68 bits per heavy atom. The van der Waals surface area contributed by atoms with Crippen LogP contribution in [0.4, 0.5) is 0 Å². The maximum Gasteiger partial charge on any atom is 0.293 e. The van der Waals surface area contributed by atoms with Crippen molar-refractivity contribution >= 4 is 23.4 Å². The lowest BCUT2D eigenvalue weighted by Crippen LogP contribution is -3.09. The van der Waals surface area contributed by atoms with Crippen molar-refractivity contribution in [1.29, 1.82) is 0 Å². The number of hydrogen-bond donors (Lipinski definition) is 3. The van der Waals surface area contributed by atoms with Crippen molar-refractivity contribution in [2.75, 3.05) is 13.6 Å². The Balaban J connectivity index is 1.47. The number of amides is 2. The Bertz CT molecular complexity index is 939. The zero-order valence-corrected chi connectivity index (χ0v) is 16.1. The van der Waals surface area contributed by atoms with Crippen LogP contribution in [0.25, 0.3) is 11.3 Å². The molecule has 144 valence electrons. The van der Waals surface area contributed by atoms with Gasteiger partial charge in [-0.1, -0.05) is 29.8 Å². The van der Waals surface area contributed by atoms with E-state index in [2.05, 4.69) is 10.9 Å². The molecule has 3 aromatic rings. The molecule has 0 saturated heterocycles. The molecule has 0 fully saturated rings. The summed E-state index contributed by atoms with van der Waals surface area (Å²) in [5, 5.41) is 0.671. The number of benzene rings is 2. The predicted molar refractivity (Wildman–Crippen MR) is 107 cm³/mol. The van der Waals surface area contributed by atoms with Gasteiger partial charge in [-0.3, -0.25) is 20.4 Å². The summed E-state index contributed by atoms with van der Waals surface area (Å²) in [7, 11) is 1.88. The molecule has 0 radical (unpaired) electrons. The predicted octanol–water partition coefficient (Wildman–Crippen LogP) is 2.08. The maximum absolute atomic E-state index is 12.0. The molecule has 0 saturated carbocycles. The summed E-state index contributed by atoms with van der Waals surface area (Å²) in [4.78, 5) is 24.9. The molecule has 6 nitrogen and oxygen atoms in total. The third kappa shape index (κ3) is 5.45. The van der Waals surface area contributed by atoms with Crippen LogP contribution < -0.4 is 15.8 Å². The van der Waals surface area contributed by atoms with E-state index in [-0.39, 0.29) is 18.4 Å². The summed E-state index contributed by atoms with van der Waals surface area (Å²) < 4.78 is 5.85. The van der Waals surface area contributed by atoms with Gasteiger partial charge < -0.3 is 9.32 Å². The third-order valence-corrected chi connectivity index (χ3v) is 4.33. The maximum atomic E-state index is 12.0. The van der Waals surface area contributed by atoms with Crippen molar-refractivity contribution in [3.63, 3.8) is 0 Å². The summed E-state index contributed by atoms with van der Waals surface area (Å²) in [6, 6.07) is 19.9. The second-order valence-corrected chi connectivity index (χ2v) is 6.89. The third-order valence-electron chi connectivity index (χ3n) is 4.08. The fraction of sp³-hybridized carbons (Fsp3) is 0.143. The van der Waals surface area contributed by atoms with Crippen molar-refractivity contribution in [1.82, 2.24) is 10.9 Å². The Hall–Kier alpha value is -3.09. The van der Waals surface area contributed by atoms with E-state index in [9.17, 15) is 9.59 Å². The van der Waals surface area contributed by atoms with E-state index >= 15 is 0 Å². The summed E-state index contributed by atoms with van der Waals surface area (Å²) >= 11 is 5.90. The molecular formula is C21H21ClN3O3+. The molecule has 0 aliphatic carbocycles. The number of rotatable bonds is 6. The van der Waals surface area contributed by atoms with Gasteiger partial charge in [0.05, 0.1) is 7.05 Å². The van der Waals surface area contributed by atoms with Crippen LogP contribution in [0.5, 0.6) is 0 Å². The summed E-state index contributed by atoms with van der Waals surface area (Å²) in [6.07, 6.45) is 0. The van der Waals surface area contributed by atoms with Crippen molar-refractivity contribution < 1.29 is 18.9 Å². The van der Waals surface area contributed by atoms with E-state index < -0.39 is 0 Å². The van der Waals surface area contributed by atoms with Crippen LogP contribution in [-0.2, 0) is 11.3 Å². The van der Waals surface area contributed by atoms with Gasteiger partial charge in [-0.15, -0.1) is 0 Å². The number of halogens is 1. The number of nitrogens with one attached hydrogen (secondary N) is 3. The van der Waals surface area contributed by atoms with E-state index in [0.29, 0.717) is 17.1 Å². The van der Waals surface area contributed by atoms with Crippen LogP contribution in [-0.4, -0.2) is 25.4 Å². The fourth-order valence-electron chi connectivity index (χ4n) is 2.71. The monoisotopic (exact) mass is 398 g/mol. The minimum absolute atomic E-state index is 0.187. The zero-order valence-electron chi connectivity index (χ0n) is 15.4. The molecule has 3 N–H and O–H groups in total. The molecular weight excluding hydrogens is 378 g/mol. The van der Waals surface area contributed by atoms with E-state index in [4.69, 9.17) is 16.0 Å². The Morgan fingerprint density at radius 1 is 0.964 bits per heavy atom. The highest BCUT2D eigenvalue weighted by molar-refractivity contribution is 6.30. The van der Waals surface area contributed by atoms with Crippen LogP contribution in [0.2, 0.25) is 5.02 Å². The van der Waals surface area contributed by atoms with E-state index in [1.165, 1.54) is 0 Å². The fourth-order valence-corrected chi connectivity index (χ4v) is 2.83. The van der Waals surface area contributed by atoms with Gasteiger partial charge >= 0.3 is 0 Å². The highest BCUT2D eigenvalue weighted by atomic mass is 35.5. The largest absolute Gasteiger partial charge is 0.455 e. The van der Waals surface area contributed by atoms with Crippen LogP contribution in [0.1, 0.15) is 16.1 Å². The lowest BCUT2D eigenvalue weighted by atomic mass is 10.2. The van der Waals surface area contributed by atoms with Gasteiger partial charge in [-0.05, 0) is 48.5 Å². The molecule has 7 heteroatoms. The van der Waals surface area contributed by atoms with E-state index in [0.717, 1.165) is 22.0 Å². The van der Waals surface area contributed by atoms with Gasteiger partial charge in [0.2, 0.25) is 0 Å². The summed E-state index contributed by atoms with van der Waals surface area (Å²) in [6.45, 7) is 0.722. The highest BCUT2D eigenvalue weighted by Gasteiger charge is 2.14. The number of likely N-dealkylation sites (N-methyl/N-ethyl adjacent to an activating group) is 1. The standard InChI is InChI=1S/C21H20ClN3O3/c1-25(14-20(26)23-24-21(27)16-5-3-2-4-6-16)13-18-11-12-19(28-18)15-7-9-17(22)10-8-15/h2-12H,13-14H2,1H3,(H,23,26)(H,24,27)/p+1. The molecule has 1 aromatic heterocycles. The Kier molecular flexibility index (Phi) is 6.47. The first-order valence-electron chi connectivity index (χ1n) is 8.81. The van der Waals surface area contributed by atoms with Gasteiger partial charge in [0.1, 0.15) is 12.3 Å². The van der Waals surface area contributed by atoms with Crippen LogP contribution in [0.3, 0.4) is 0 Å². The first-order chi connectivity index (χ1) is 13.5. The second kappa shape index (κ2) is 9.21. The van der Waals surface area contributed by atoms with Crippen molar-refractivity contribution in [3.05, 3.63) is 83.1 Å². The molecule has 0 spiro atoms. The summed E-state index contributed by atoms with van der Waals surface area (Å²) in [5.74, 6) is 0.874. The first kappa shape index (κ1) is 19.7. The van der Waals surface area contributed by atoms with Gasteiger partial charge in [0, 0.05) is 16.1 Å². The number of furan rings is 1. The highest BCUT2D eigenvalue weighted by Crippen LogP contribution is 2.23. The lowest BCUT2D eigenvalue weighted by Gasteiger charge is -2.13.